The van der Waals surface area contributed by atoms with Crippen molar-refractivity contribution in [2.45, 2.75) is 25.8 Å². The van der Waals surface area contributed by atoms with Gasteiger partial charge in [-0.1, -0.05) is 6.07 Å². The van der Waals surface area contributed by atoms with Crippen LogP contribution in [0.4, 0.5) is 11.4 Å². The highest BCUT2D eigenvalue weighted by Crippen LogP contribution is 2.38. The van der Waals surface area contributed by atoms with E-state index in [2.05, 4.69) is 16.7 Å². The Kier molecular flexibility index (Phi) is 4.72. The summed E-state index contributed by atoms with van der Waals surface area (Å²) < 4.78 is 5.33. The number of nitrogens with one attached hydrogen (secondary N) is 2. The summed E-state index contributed by atoms with van der Waals surface area (Å²) in [7, 11) is 0. The van der Waals surface area contributed by atoms with Crippen LogP contribution in [0, 0.1) is 0 Å². The summed E-state index contributed by atoms with van der Waals surface area (Å²) in [6.07, 6.45) is 1.50. The van der Waals surface area contributed by atoms with Crippen LogP contribution in [-0.2, 0) is 4.79 Å². The van der Waals surface area contributed by atoms with Crippen molar-refractivity contribution < 1.29 is 14.0 Å². The summed E-state index contributed by atoms with van der Waals surface area (Å²) in [5, 5.41) is 6.67. The molecule has 0 radical (unpaired) electrons. The van der Waals surface area contributed by atoms with Gasteiger partial charge in [-0.05, 0) is 36.8 Å². The van der Waals surface area contributed by atoms with Crippen LogP contribution in [0.3, 0.4) is 0 Å². The minimum absolute atomic E-state index is 0.0254. The van der Waals surface area contributed by atoms with Crippen molar-refractivity contribution in [1.29, 1.82) is 0 Å². The van der Waals surface area contributed by atoms with Crippen molar-refractivity contribution in [3.63, 3.8) is 0 Å². The summed E-state index contributed by atoms with van der Waals surface area (Å²) in [6, 6.07) is 9.32. The number of nitrogens with zero attached hydrogens (tertiary/aromatic N) is 2. The van der Waals surface area contributed by atoms with Gasteiger partial charge in [-0.3, -0.25) is 9.59 Å². The highest BCUT2D eigenvalue weighted by molar-refractivity contribution is 6.09. The Morgan fingerprint density at radius 1 is 1.15 bits per heavy atom. The van der Waals surface area contributed by atoms with Crippen molar-refractivity contribution in [3.05, 3.63) is 47.9 Å². The average Bonchev–Trinajstić information content (AvgIpc) is 3.21. The number of carbonyl (C=O) groups is 2. The van der Waals surface area contributed by atoms with Crippen LogP contribution < -0.4 is 20.4 Å². The van der Waals surface area contributed by atoms with Gasteiger partial charge in [0, 0.05) is 39.1 Å². The minimum Gasteiger partial charge on any atom is -0.459 e. The van der Waals surface area contributed by atoms with E-state index in [1.54, 1.807) is 28.9 Å². The van der Waals surface area contributed by atoms with Crippen LogP contribution in [0.25, 0.3) is 0 Å². The van der Waals surface area contributed by atoms with Gasteiger partial charge in [0.1, 0.15) is 0 Å². The lowest BCUT2D eigenvalue weighted by molar-refractivity contribution is -0.117. The Labute approximate surface area is 158 Å². The lowest BCUT2D eigenvalue weighted by Gasteiger charge is -2.41. The van der Waals surface area contributed by atoms with E-state index in [1.807, 2.05) is 19.1 Å². The number of hydrogen-bond donors (Lipinski definition) is 2. The topological polar surface area (TPSA) is 77.8 Å². The summed E-state index contributed by atoms with van der Waals surface area (Å²) in [5.41, 5.74) is 2.66. The summed E-state index contributed by atoms with van der Waals surface area (Å²) in [6.45, 7) is 6.51. The number of benzene rings is 1. The van der Waals surface area contributed by atoms with E-state index in [1.165, 1.54) is 6.26 Å². The normalized spacial score (nSPS) is 20.4. The van der Waals surface area contributed by atoms with E-state index in [0.29, 0.717) is 18.2 Å². The second-order valence-electron chi connectivity index (χ2n) is 7.16. The number of amides is 2. The molecule has 0 aliphatic carbocycles. The maximum atomic E-state index is 13.0. The van der Waals surface area contributed by atoms with Crippen molar-refractivity contribution in [2.75, 3.05) is 36.1 Å². The van der Waals surface area contributed by atoms with Gasteiger partial charge in [0.15, 0.2) is 5.76 Å². The molecular formula is C20H24N4O3. The highest BCUT2D eigenvalue weighted by Gasteiger charge is 2.35. The molecule has 2 aromatic rings. The van der Waals surface area contributed by atoms with Gasteiger partial charge in [-0.2, -0.15) is 0 Å². The predicted molar refractivity (Wildman–Crippen MR) is 103 cm³/mol. The molecule has 7 nitrogen and oxygen atoms in total. The Morgan fingerprint density at radius 2 is 1.93 bits per heavy atom. The lowest BCUT2D eigenvalue weighted by atomic mass is 9.95. The molecule has 0 spiro atoms. The Morgan fingerprint density at radius 3 is 2.59 bits per heavy atom. The second kappa shape index (κ2) is 7.17. The molecule has 2 aliphatic rings. The molecule has 0 saturated carbocycles. The summed E-state index contributed by atoms with van der Waals surface area (Å²) in [5.74, 6) is 0.404. The van der Waals surface area contributed by atoms with Crippen molar-refractivity contribution in [3.8, 4) is 0 Å². The fraction of sp³-hybridized carbons (Fsp3) is 0.400. The van der Waals surface area contributed by atoms with Gasteiger partial charge < -0.3 is 24.9 Å². The van der Waals surface area contributed by atoms with Gasteiger partial charge in [-0.15, -0.1) is 0 Å². The molecule has 1 atom stereocenters. The lowest BCUT2D eigenvalue weighted by Crippen LogP contribution is -2.51. The minimum atomic E-state index is -0.187. The zero-order chi connectivity index (χ0) is 19.0. The molecule has 2 aliphatic heterocycles. The van der Waals surface area contributed by atoms with Gasteiger partial charge in [-0.25, -0.2) is 0 Å². The molecule has 2 N–H and O–H groups in total. The Hall–Kier alpha value is -2.64. The molecule has 0 unspecified atom stereocenters. The molecule has 27 heavy (non-hydrogen) atoms. The first-order chi connectivity index (χ1) is 13.1. The number of anilines is 2. The van der Waals surface area contributed by atoms with E-state index in [9.17, 15) is 9.59 Å². The Balaban J connectivity index is 1.77. The van der Waals surface area contributed by atoms with Crippen molar-refractivity contribution in [1.82, 2.24) is 10.6 Å². The van der Waals surface area contributed by atoms with Crippen molar-refractivity contribution >= 4 is 23.2 Å². The molecule has 1 fully saturated rings. The number of fused-ring (bicyclic) bond motifs is 1. The van der Waals surface area contributed by atoms with Crippen molar-refractivity contribution in [2.24, 2.45) is 0 Å². The summed E-state index contributed by atoms with van der Waals surface area (Å²) in [4.78, 5) is 28.8. The fourth-order valence-electron chi connectivity index (χ4n) is 3.99. The number of hydrogen-bond acceptors (Lipinski definition) is 5. The molecule has 2 amide bonds. The molecular weight excluding hydrogens is 344 g/mol. The zero-order valence-electron chi connectivity index (χ0n) is 15.6. The first kappa shape index (κ1) is 17.8. The van der Waals surface area contributed by atoms with E-state index < -0.39 is 0 Å². The van der Waals surface area contributed by atoms with Crippen LogP contribution in [0.2, 0.25) is 0 Å². The van der Waals surface area contributed by atoms with Gasteiger partial charge in [0.05, 0.1) is 23.7 Å². The van der Waals surface area contributed by atoms with Crippen LogP contribution in [0.1, 0.15) is 35.9 Å². The van der Waals surface area contributed by atoms with Crippen LogP contribution >= 0.6 is 0 Å². The Bertz CT molecular complexity index is 843. The predicted octanol–water partition coefficient (Wildman–Crippen LogP) is 1.92. The SMILES string of the molecule is CC(=O)N1c2ccc(C3CNCNC3)cc2N(C(=O)c2ccco2)C[C@@H]1C. The third-order valence-corrected chi connectivity index (χ3v) is 5.26. The smallest absolute Gasteiger partial charge is 0.294 e. The molecule has 142 valence electrons. The third kappa shape index (κ3) is 3.24. The highest BCUT2D eigenvalue weighted by atomic mass is 16.3. The zero-order valence-corrected chi connectivity index (χ0v) is 15.6. The maximum Gasteiger partial charge on any atom is 0.294 e. The standard InChI is InChI=1S/C20H24N4O3/c1-13-11-23(20(26)19-4-3-7-27-19)18-8-15(16-9-21-12-22-10-16)5-6-17(18)24(13)14(2)25/h3-8,13,16,21-22H,9-12H2,1-2H3/t13-/m0/s1. The van der Waals surface area contributed by atoms with Gasteiger partial charge >= 0.3 is 0 Å². The largest absolute Gasteiger partial charge is 0.459 e. The first-order valence-electron chi connectivity index (χ1n) is 9.27. The molecule has 0 bridgehead atoms. The fourth-order valence-corrected chi connectivity index (χ4v) is 3.99. The quantitative estimate of drug-likeness (QED) is 0.847. The van der Waals surface area contributed by atoms with Crippen LogP contribution in [-0.4, -0.2) is 44.2 Å². The molecule has 3 heterocycles. The molecule has 1 aromatic carbocycles. The average molecular weight is 368 g/mol. The first-order valence-corrected chi connectivity index (χ1v) is 9.27. The maximum absolute atomic E-state index is 13.0. The molecule has 4 rings (SSSR count). The van der Waals surface area contributed by atoms with E-state index in [-0.39, 0.29) is 17.9 Å². The second-order valence-corrected chi connectivity index (χ2v) is 7.16. The number of carbonyl (C=O) groups excluding carboxylic acids is 2. The molecule has 7 heteroatoms. The van der Waals surface area contributed by atoms with E-state index in [0.717, 1.165) is 36.7 Å². The van der Waals surface area contributed by atoms with Gasteiger partial charge in [0.2, 0.25) is 5.91 Å². The molecule has 1 saturated heterocycles. The van der Waals surface area contributed by atoms with E-state index in [4.69, 9.17) is 4.42 Å². The van der Waals surface area contributed by atoms with Crippen LogP contribution in [0.15, 0.2) is 41.0 Å². The monoisotopic (exact) mass is 368 g/mol. The van der Waals surface area contributed by atoms with Crippen LogP contribution in [0.5, 0.6) is 0 Å². The third-order valence-electron chi connectivity index (χ3n) is 5.26. The molecule has 1 aromatic heterocycles. The van der Waals surface area contributed by atoms with E-state index >= 15 is 0 Å². The van der Waals surface area contributed by atoms with Gasteiger partial charge in [0.25, 0.3) is 5.91 Å². The summed E-state index contributed by atoms with van der Waals surface area (Å²) >= 11 is 0. The number of furan rings is 1. The number of rotatable bonds is 2.